The number of amides is 2. The minimum Gasteiger partial charge on any atom is -0.462 e. The number of carbonyl (C=O) groups is 3. The molecule has 39 heavy (non-hydrogen) atoms. The molecule has 3 heterocycles. The fraction of sp³-hybridized carbons (Fsp3) is 0.519. The molecule has 10 nitrogen and oxygen atoms in total. The van der Waals surface area contributed by atoms with Gasteiger partial charge in [-0.1, -0.05) is 13.8 Å². The number of ether oxygens (including phenoxy) is 2. The van der Waals surface area contributed by atoms with E-state index in [1.54, 1.807) is 18.7 Å². The smallest absolute Gasteiger partial charge is 0.410 e. The van der Waals surface area contributed by atoms with Crippen LogP contribution < -0.4 is 5.32 Å². The Bertz CT molecular complexity index is 1330. The highest BCUT2D eigenvalue weighted by atomic mass is 32.2. The summed E-state index contributed by atoms with van der Waals surface area (Å²) in [7, 11) is -3.67. The van der Waals surface area contributed by atoms with E-state index in [1.807, 2.05) is 13.8 Å². The van der Waals surface area contributed by atoms with Crippen molar-refractivity contribution in [2.75, 3.05) is 38.2 Å². The Morgan fingerprint density at radius 2 is 1.67 bits per heavy atom. The second-order valence-electron chi connectivity index (χ2n) is 10.0. The molecule has 0 radical (unpaired) electrons. The zero-order valence-corrected chi connectivity index (χ0v) is 24.3. The van der Waals surface area contributed by atoms with Gasteiger partial charge in [-0.3, -0.25) is 4.79 Å². The van der Waals surface area contributed by atoms with Crippen molar-refractivity contribution in [1.29, 1.82) is 0 Å². The van der Waals surface area contributed by atoms with Crippen LogP contribution in [0.2, 0.25) is 0 Å². The molecular formula is C27H35N3O7S2. The third-order valence-electron chi connectivity index (χ3n) is 6.88. The molecule has 2 aliphatic rings. The Labute approximate surface area is 233 Å². The highest BCUT2D eigenvalue weighted by Crippen LogP contribution is 2.38. The normalized spacial score (nSPS) is 19.7. The Balaban J connectivity index is 1.55. The molecule has 0 unspecified atom stereocenters. The molecule has 1 N–H and O–H groups in total. The second kappa shape index (κ2) is 12.1. The zero-order chi connectivity index (χ0) is 28.3. The summed E-state index contributed by atoms with van der Waals surface area (Å²) in [5.74, 6) is -0.460. The first-order chi connectivity index (χ1) is 18.5. The van der Waals surface area contributed by atoms with Crippen LogP contribution in [0.5, 0.6) is 0 Å². The number of hydrogen-bond donors (Lipinski definition) is 1. The van der Waals surface area contributed by atoms with E-state index in [0.717, 1.165) is 16.9 Å². The van der Waals surface area contributed by atoms with Gasteiger partial charge in [0.15, 0.2) is 0 Å². The van der Waals surface area contributed by atoms with Crippen LogP contribution in [0.4, 0.5) is 9.80 Å². The molecule has 0 saturated carbocycles. The number of piperidine rings is 1. The van der Waals surface area contributed by atoms with E-state index in [4.69, 9.17) is 9.47 Å². The Hall–Kier alpha value is -2.96. The standard InChI is InChI=1S/C27H35N3O7S2/c1-5-36-26(32)23-21-11-12-29(27(33)37-6-2)16-22(21)38-25(23)28-24(31)19-7-9-20(10-8-19)39(34,35)30-14-17(3)13-18(4)15-30/h7-10,17-18H,5-6,11-16H2,1-4H3,(H,28,31)/t17-,18-/m1/s1. The first kappa shape index (κ1) is 29.0. The van der Waals surface area contributed by atoms with Gasteiger partial charge in [-0.2, -0.15) is 4.31 Å². The molecule has 1 fully saturated rings. The topological polar surface area (TPSA) is 122 Å². The molecule has 0 bridgehead atoms. The molecule has 2 atom stereocenters. The molecule has 1 aromatic heterocycles. The fourth-order valence-electron chi connectivity index (χ4n) is 5.19. The summed E-state index contributed by atoms with van der Waals surface area (Å²) in [6.45, 7) is 9.58. The van der Waals surface area contributed by atoms with Crippen molar-refractivity contribution in [3.63, 3.8) is 0 Å². The molecule has 0 spiro atoms. The first-order valence-corrected chi connectivity index (χ1v) is 15.5. The van der Waals surface area contributed by atoms with E-state index in [9.17, 15) is 22.8 Å². The Morgan fingerprint density at radius 1 is 1.03 bits per heavy atom. The van der Waals surface area contributed by atoms with Gasteiger partial charge in [0.2, 0.25) is 10.0 Å². The number of fused-ring (bicyclic) bond motifs is 1. The monoisotopic (exact) mass is 577 g/mol. The van der Waals surface area contributed by atoms with Gasteiger partial charge < -0.3 is 19.7 Å². The number of hydrogen-bond acceptors (Lipinski definition) is 8. The average molecular weight is 578 g/mol. The number of nitrogens with zero attached hydrogens (tertiary/aromatic N) is 2. The van der Waals surface area contributed by atoms with Gasteiger partial charge in [0.05, 0.1) is 30.2 Å². The lowest BCUT2D eigenvalue weighted by Crippen LogP contribution is -2.42. The third-order valence-corrected chi connectivity index (χ3v) is 9.86. The largest absolute Gasteiger partial charge is 0.462 e. The minimum atomic E-state index is -3.67. The summed E-state index contributed by atoms with van der Waals surface area (Å²) in [6, 6.07) is 5.83. The van der Waals surface area contributed by atoms with Crippen molar-refractivity contribution in [2.45, 2.75) is 52.0 Å². The lowest BCUT2D eigenvalue weighted by molar-refractivity contribution is 0.0526. The molecule has 0 aliphatic carbocycles. The van der Waals surface area contributed by atoms with Crippen molar-refractivity contribution in [1.82, 2.24) is 9.21 Å². The van der Waals surface area contributed by atoms with E-state index in [1.165, 1.54) is 39.9 Å². The summed E-state index contributed by atoms with van der Waals surface area (Å²) < 4.78 is 38.3. The number of thiophene rings is 1. The molecule has 2 aliphatic heterocycles. The summed E-state index contributed by atoms with van der Waals surface area (Å²) >= 11 is 1.22. The number of rotatable bonds is 7. The van der Waals surface area contributed by atoms with Crippen LogP contribution in [0, 0.1) is 11.8 Å². The number of carbonyl (C=O) groups excluding carboxylic acids is 3. The quantitative estimate of drug-likeness (QED) is 0.485. The first-order valence-electron chi connectivity index (χ1n) is 13.2. The predicted molar refractivity (Wildman–Crippen MR) is 148 cm³/mol. The van der Waals surface area contributed by atoms with E-state index in [-0.39, 0.29) is 42.1 Å². The third kappa shape index (κ3) is 6.28. The highest BCUT2D eigenvalue weighted by Gasteiger charge is 2.33. The number of anilines is 1. The fourth-order valence-corrected chi connectivity index (χ4v) is 8.11. The number of benzene rings is 1. The van der Waals surface area contributed by atoms with Gasteiger partial charge in [-0.15, -0.1) is 11.3 Å². The molecule has 1 saturated heterocycles. The zero-order valence-electron chi connectivity index (χ0n) is 22.7. The maximum absolute atomic E-state index is 13.2. The number of esters is 1. The maximum atomic E-state index is 13.2. The SMILES string of the molecule is CCOC(=O)c1c(NC(=O)c2ccc(S(=O)(=O)N3C[C@H](C)C[C@@H](C)C3)cc2)sc2c1CCN(C(=O)OCC)C2. The van der Waals surface area contributed by atoms with Gasteiger partial charge in [-0.25, -0.2) is 18.0 Å². The summed E-state index contributed by atoms with van der Waals surface area (Å²) in [4.78, 5) is 40.7. The van der Waals surface area contributed by atoms with Crippen molar-refractivity contribution >= 4 is 44.3 Å². The van der Waals surface area contributed by atoms with Gasteiger partial charge in [0.1, 0.15) is 5.00 Å². The lowest BCUT2D eigenvalue weighted by atomic mass is 9.94. The van der Waals surface area contributed by atoms with E-state index < -0.39 is 28.0 Å². The van der Waals surface area contributed by atoms with Gasteiger partial charge >= 0.3 is 12.1 Å². The van der Waals surface area contributed by atoms with Crippen molar-refractivity contribution in [3.8, 4) is 0 Å². The molecule has 2 aromatic rings. The predicted octanol–water partition coefficient (Wildman–Crippen LogP) is 4.36. The number of nitrogens with one attached hydrogen (secondary N) is 1. The Morgan fingerprint density at radius 3 is 2.28 bits per heavy atom. The molecule has 212 valence electrons. The minimum absolute atomic E-state index is 0.137. The molecule has 4 rings (SSSR count). The van der Waals surface area contributed by atoms with Crippen LogP contribution in [-0.2, 0) is 32.5 Å². The van der Waals surface area contributed by atoms with Crippen LogP contribution in [0.1, 0.15) is 65.3 Å². The van der Waals surface area contributed by atoms with E-state index >= 15 is 0 Å². The van der Waals surface area contributed by atoms with Gasteiger partial charge in [0, 0.05) is 30.1 Å². The second-order valence-corrected chi connectivity index (χ2v) is 13.1. The molecule has 1 aromatic carbocycles. The van der Waals surface area contributed by atoms with Crippen molar-refractivity contribution in [2.24, 2.45) is 11.8 Å². The van der Waals surface area contributed by atoms with E-state index in [0.29, 0.717) is 36.6 Å². The van der Waals surface area contributed by atoms with Gasteiger partial charge in [0.25, 0.3) is 5.91 Å². The van der Waals surface area contributed by atoms with Crippen LogP contribution in [0.25, 0.3) is 0 Å². The van der Waals surface area contributed by atoms with Crippen LogP contribution >= 0.6 is 11.3 Å². The van der Waals surface area contributed by atoms with Crippen molar-refractivity contribution in [3.05, 3.63) is 45.8 Å². The lowest BCUT2D eigenvalue weighted by Gasteiger charge is -2.34. The summed E-state index contributed by atoms with van der Waals surface area (Å²) in [5, 5.41) is 3.15. The van der Waals surface area contributed by atoms with Crippen LogP contribution in [-0.4, -0.2) is 68.4 Å². The Kier molecular flexibility index (Phi) is 8.97. The van der Waals surface area contributed by atoms with Crippen LogP contribution in [0.15, 0.2) is 29.2 Å². The van der Waals surface area contributed by atoms with Crippen molar-refractivity contribution < 1.29 is 32.3 Å². The average Bonchev–Trinajstić information content (AvgIpc) is 3.25. The molecule has 12 heteroatoms. The molecular weight excluding hydrogens is 542 g/mol. The number of sulfonamides is 1. The maximum Gasteiger partial charge on any atom is 0.410 e. The summed E-state index contributed by atoms with van der Waals surface area (Å²) in [6.07, 6.45) is 0.990. The van der Waals surface area contributed by atoms with Crippen LogP contribution in [0.3, 0.4) is 0 Å². The molecule has 2 amide bonds. The summed E-state index contributed by atoms with van der Waals surface area (Å²) in [5.41, 5.74) is 1.30. The highest BCUT2D eigenvalue weighted by molar-refractivity contribution is 7.89. The van der Waals surface area contributed by atoms with E-state index in [2.05, 4.69) is 5.32 Å². The van der Waals surface area contributed by atoms with Gasteiger partial charge in [-0.05, 0) is 68.4 Å².